The first-order valence-corrected chi connectivity index (χ1v) is 8.06. The molecule has 1 aromatic rings. The van der Waals surface area contributed by atoms with Crippen LogP contribution in [0, 0.1) is 5.82 Å². The zero-order chi connectivity index (χ0) is 16.4. The number of ether oxygens (including phenoxy) is 2. The highest BCUT2D eigenvalue weighted by molar-refractivity contribution is 5.34. The smallest absolute Gasteiger partial charge is 0.126 e. The van der Waals surface area contributed by atoms with Gasteiger partial charge in [-0.3, -0.25) is 4.90 Å². The normalized spacial score (nSPS) is 28.0. The molecule has 3 rings (SSSR count). The van der Waals surface area contributed by atoms with Crippen LogP contribution in [0.25, 0.3) is 0 Å². The Morgan fingerprint density at radius 2 is 2.04 bits per heavy atom. The van der Waals surface area contributed by atoms with Crippen molar-refractivity contribution in [3.8, 4) is 5.75 Å². The number of likely N-dealkylation sites (tertiary alicyclic amines) is 1. The Morgan fingerprint density at radius 1 is 1.30 bits per heavy atom. The molecule has 1 spiro atoms. The average Bonchev–Trinajstić information content (AvgIpc) is 2.55. The van der Waals surface area contributed by atoms with Crippen LogP contribution in [-0.2, 0) is 11.3 Å². The Balaban J connectivity index is 1.59. The van der Waals surface area contributed by atoms with Crippen molar-refractivity contribution in [2.24, 2.45) is 0 Å². The molecule has 0 unspecified atom stereocenters. The predicted octanol–water partition coefficient (Wildman–Crippen LogP) is 1.31. The molecule has 0 saturated carbocycles. The molecule has 2 N–H and O–H groups in total. The van der Waals surface area contributed by atoms with E-state index in [1.54, 1.807) is 13.2 Å². The van der Waals surface area contributed by atoms with Gasteiger partial charge >= 0.3 is 0 Å². The SMILES string of the molecule is COc1cc(F)ccc1CN1CCC2(CC1)C[C@@H](O)[C@@H](O)CO2. The molecule has 0 aromatic heterocycles. The van der Waals surface area contributed by atoms with Gasteiger partial charge in [-0.05, 0) is 18.9 Å². The summed E-state index contributed by atoms with van der Waals surface area (Å²) in [6.45, 7) is 2.57. The molecule has 5 nitrogen and oxygen atoms in total. The maximum absolute atomic E-state index is 13.3. The van der Waals surface area contributed by atoms with Crippen molar-refractivity contribution in [1.29, 1.82) is 0 Å². The van der Waals surface area contributed by atoms with E-state index in [2.05, 4.69) is 4.90 Å². The lowest BCUT2D eigenvalue weighted by Crippen LogP contribution is -2.54. The fraction of sp³-hybridized carbons (Fsp3) is 0.647. The number of piperidine rings is 1. The third-order valence-electron chi connectivity index (χ3n) is 5.00. The van der Waals surface area contributed by atoms with Gasteiger partial charge in [-0.1, -0.05) is 6.07 Å². The van der Waals surface area contributed by atoms with Crippen molar-refractivity contribution in [1.82, 2.24) is 4.90 Å². The molecule has 0 radical (unpaired) electrons. The first-order valence-electron chi connectivity index (χ1n) is 8.06. The van der Waals surface area contributed by atoms with Crippen LogP contribution in [0.2, 0.25) is 0 Å². The number of benzene rings is 1. The summed E-state index contributed by atoms with van der Waals surface area (Å²) in [5.74, 6) is 0.268. The molecule has 2 atom stereocenters. The second kappa shape index (κ2) is 6.73. The number of methoxy groups -OCH3 is 1. The molecule has 0 amide bonds. The zero-order valence-corrected chi connectivity index (χ0v) is 13.4. The molecule has 6 heteroatoms. The topological polar surface area (TPSA) is 62.2 Å². The van der Waals surface area contributed by atoms with Gasteiger partial charge in [-0.25, -0.2) is 4.39 Å². The van der Waals surface area contributed by atoms with Gasteiger partial charge in [0, 0.05) is 37.7 Å². The van der Waals surface area contributed by atoms with E-state index in [1.807, 2.05) is 0 Å². The summed E-state index contributed by atoms with van der Waals surface area (Å²) in [7, 11) is 1.55. The molecule has 2 heterocycles. The van der Waals surface area contributed by atoms with Gasteiger partial charge in [-0.2, -0.15) is 0 Å². The van der Waals surface area contributed by atoms with Crippen LogP contribution >= 0.6 is 0 Å². The van der Waals surface area contributed by atoms with E-state index in [-0.39, 0.29) is 18.0 Å². The van der Waals surface area contributed by atoms with Crippen LogP contribution in [0.4, 0.5) is 4.39 Å². The van der Waals surface area contributed by atoms with E-state index < -0.39 is 12.2 Å². The molecular weight excluding hydrogens is 301 g/mol. The first-order chi connectivity index (χ1) is 11.0. The maximum atomic E-state index is 13.3. The van der Waals surface area contributed by atoms with E-state index in [1.165, 1.54) is 12.1 Å². The number of halogens is 1. The van der Waals surface area contributed by atoms with Gasteiger partial charge in [0.05, 0.1) is 25.4 Å². The molecule has 2 aliphatic heterocycles. The number of hydrogen-bond donors (Lipinski definition) is 2. The fourth-order valence-corrected chi connectivity index (χ4v) is 3.51. The van der Waals surface area contributed by atoms with Crippen molar-refractivity contribution in [2.45, 2.75) is 43.6 Å². The number of nitrogens with zero attached hydrogens (tertiary/aromatic N) is 1. The van der Waals surface area contributed by atoms with E-state index in [9.17, 15) is 14.6 Å². The van der Waals surface area contributed by atoms with Crippen LogP contribution in [0.5, 0.6) is 5.75 Å². The Labute approximate surface area is 135 Å². The minimum absolute atomic E-state index is 0.201. The highest BCUT2D eigenvalue weighted by atomic mass is 19.1. The van der Waals surface area contributed by atoms with Crippen molar-refractivity contribution in [3.63, 3.8) is 0 Å². The van der Waals surface area contributed by atoms with Crippen LogP contribution in [0.15, 0.2) is 18.2 Å². The summed E-state index contributed by atoms with van der Waals surface area (Å²) in [6, 6.07) is 4.61. The van der Waals surface area contributed by atoms with E-state index in [4.69, 9.17) is 9.47 Å². The van der Waals surface area contributed by atoms with E-state index >= 15 is 0 Å². The third kappa shape index (κ3) is 3.66. The Morgan fingerprint density at radius 3 is 2.70 bits per heavy atom. The molecule has 2 saturated heterocycles. The Kier molecular flexibility index (Phi) is 4.87. The number of hydrogen-bond acceptors (Lipinski definition) is 5. The van der Waals surface area contributed by atoms with Gasteiger partial charge in [0.2, 0.25) is 0 Å². The Hall–Kier alpha value is -1.21. The van der Waals surface area contributed by atoms with Gasteiger partial charge < -0.3 is 19.7 Å². The Bertz CT molecular complexity index is 545. The van der Waals surface area contributed by atoms with Gasteiger partial charge in [0.1, 0.15) is 17.7 Å². The lowest BCUT2D eigenvalue weighted by Gasteiger charge is -2.46. The van der Waals surface area contributed by atoms with Gasteiger partial charge in [0.25, 0.3) is 0 Å². The minimum atomic E-state index is -0.776. The second-order valence-corrected chi connectivity index (χ2v) is 6.57. The first kappa shape index (κ1) is 16.6. The summed E-state index contributed by atoms with van der Waals surface area (Å²) < 4.78 is 24.4. The molecule has 2 aliphatic rings. The molecule has 23 heavy (non-hydrogen) atoms. The van der Waals surface area contributed by atoms with E-state index in [0.29, 0.717) is 18.7 Å². The monoisotopic (exact) mass is 325 g/mol. The van der Waals surface area contributed by atoms with Crippen molar-refractivity contribution in [2.75, 3.05) is 26.8 Å². The van der Waals surface area contributed by atoms with Gasteiger partial charge in [-0.15, -0.1) is 0 Å². The lowest BCUT2D eigenvalue weighted by atomic mass is 9.82. The van der Waals surface area contributed by atoms with Gasteiger partial charge in [0.15, 0.2) is 0 Å². The standard InChI is InChI=1S/C17H24FNO4/c1-22-16-8-13(18)3-2-12(16)10-19-6-4-17(5-7-19)9-14(20)15(21)11-23-17/h2-3,8,14-15,20-21H,4-7,9-11H2,1H3/t14-,15+/m1/s1. The van der Waals surface area contributed by atoms with Crippen molar-refractivity contribution >= 4 is 0 Å². The van der Waals surface area contributed by atoms with Crippen molar-refractivity contribution < 1.29 is 24.1 Å². The summed E-state index contributed by atoms with van der Waals surface area (Å²) in [5, 5.41) is 19.5. The molecular formula is C17H24FNO4. The van der Waals surface area contributed by atoms with Crippen LogP contribution in [-0.4, -0.2) is 59.7 Å². The van der Waals surface area contributed by atoms with Crippen LogP contribution in [0.1, 0.15) is 24.8 Å². The minimum Gasteiger partial charge on any atom is -0.496 e. The third-order valence-corrected chi connectivity index (χ3v) is 5.00. The highest BCUT2D eigenvalue weighted by Gasteiger charge is 2.42. The van der Waals surface area contributed by atoms with Crippen LogP contribution in [0.3, 0.4) is 0 Å². The lowest BCUT2D eigenvalue weighted by molar-refractivity contribution is -0.188. The fourth-order valence-electron chi connectivity index (χ4n) is 3.51. The molecule has 128 valence electrons. The van der Waals surface area contributed by atoms with E-state index in [0.717, 1.165) is 31.5 Å². The second-order valence-electron chi connectivity index (χ2n) is 6.57. The quantitative estimate of drug-likeness (QED) is 0.877. The molecule has 0 bridgehead atoms. The molecule has 1 aromatic carbocycles. The summed E-state index contributed by atoms with van der Waals surface area (Å²) in [6.07, 6.45) is 0.650. The number of aliphatic hydroxyl groups excluding tert-OH is 2. The zero-order valence-electron chi connectivity index (χ0n) is 13.4. The number of rotatable bonds is 3. The number of aliphatic hydroxyl groups is 2. The van der Waals surface area contributed by atoms with Crippen molar-refractivity contribution in [3.05, 3.63) is 29.6 Å². The largest absolute Gasteiger partial charge is 0.496 e. The highest BCUT2D eigenvalue weighted by Crippen LogP contribution is 2.36. The average molecular weight is 325 g/mol. The maximum Gasteiger partial charge on any atom is 0.126 e. The summed E-state index contributed by atoms with van der Waals surface area (Å²) >= 11 is 0. The molecule has 0 aliphatic carbocycles. The molecule has 2 fully saturated rings. The summed E-state index contributed by atoms with van der Waals surface area (Å²) in [4.78, 5) is 2.28. The predicted molar refractivity (Wildman–Crippen MR) is 82.8 cm³/mol. The summed E-state index contributed by atoms with van der Waals surface area (Å²) in [5.41, 5.74) is 0.645. The van der Waals surface area contributed by atoms with Crippen LogP contribution < -0.4 is 4.74 Å².